The Labute approximate surface area is 115 Å². The number of hydrogen-bond donors (Lipinski definition) is 2. The average Bonchev–Trinajstić information content (AvgIpc) is 2.46. The summed E-state index contributed by atoms with van der Waals surface area (Å²) in [5.41, 5.74) is 7.66. The third-order valence-electron chi connectivity index (χ3n) is 3.14. The molecule has 1 heterocycles. The smallest absolute Gasteiger partial charge is 0.222 e. The topological polar surface area (TPSA) is 63.8 Å². The van der Waals surface area contributed by atoms with E-state index in [0.29, 0.717) is 16.9 Å². The molecule has 20 heavy (non-hydrogen) atoms. The van der Waals surface area contributed by atoms with Gasteiger partial charge in [0.2, 0.25) is 5.95 Å². The summed E-state index contributed by atoms with van der Waals surface area (Å²) in [6.07, 6.45) is 0. The Kier molecular flexibility index (Phi) is 2.95. The highest BCUT2D eigenvalue weighted by Crippen LogP contribution is 2.28. The van der Waals surface area contributed by atoms with Crippen LogP contribution in [0.2, 0.25) is 0 Å². The molecule has 0 unspecified atom stereocenters. The van der Waals surface area contributed by atoms with E-state index in [1.54, 1.807) is 25.2 Å². The highest BCUT2D eigenvalue weighted by molar-refractivity contribution is 5.92. The van der Waals surface area contributed by atoms with E-state index in [1.807, 2.05) is 18.2 Å². The maximum Gasteiger partial charge on any atom is 0.222 e. The van der Waals surface area contributed by atoms with Gasteiger partial charge in [-0.05, 0) is 23.8 Å². The molecule has 2 aromatic carbocycles. The van der Waals surface area contributed by atoms with Crippen LogP contribution >= 0.6 is 0 Å². The van der Waals surface area contributed by atoms with Crippen LogP contribution in [-0.4, -0.2) is 17.0 Å². The molecule has 0 bridgehead atoms. The van der Waals surface area contributed by atoms with Crippen LogP contribution in [0.1, 0.15) is 0 Å². The van der Waals surface area contributed by atoms with Gasteiger partial charge in [0.05, 0.1) is 5.52 Å². The molecule has 100 valence electrons. The van der Waals surface area contributed by atoms with Crippen molar-refractivity contribution in [1.29, 1.82) is 0 Å². The summed E-state index contributed by atoms with van der Waals surface area (Å²) >= 11 is 0. The Balaban J connectivity index is 2.23. The van der Waals surface area contributed by atoms with E-state index in [4.69, 9.17) is 5.73 Å². The average molecular weight is 268 g/mol. The number of benzene rings is 2. The molecule has 0 radical (unpaired) electrons. The van der Waals surface area contributed by atoms with E-state index in [1.165, 1.54) is 6.07 Å². The summed E-state index contributed by atoms with van der Waals surface area (Å²) in [5, 5.41) is 3.83. The third kappa shape index (κ3) is 2.03. The Morgan fingerprint density at radius 2 is 1.90 bits per heavy atom. The largest absolute Gasteiger partial charge is 0.372 e. The minimum atomic E-state index is -0.261. The van der Waals surface area contributed by atoms with Crippen LogP contribution in [0, 0.1) is 5.82 Å². The predicted molar refractivity (Wildman–Crippen MR) is 78.9 cm³/mol. The number of nitrogens with two attached hydrogens (primary N) is 1. The molecule has 0 atom stereocenters. The zero-order valence-electron chi connectivity index (χ0n) is 10.9. The standard InChI is InChI=1S/C15H13FN4/c1-18-14-11-7-6-9(8-13(11)19-15(17)20-14)10-4-2-3-5-12(10)16/h2-8H,1H3,(H3,17,18,19,20). The molecule has 3 rings (SSSR count). The van der Waals surface area contributed by atoms with Crippen LogP contribution in [0.15, 0.2) is 42.5 Å². The fourth-order valence-electron chi connectivity index (χ4n) is 2.20. The Morgan fingerprint density at radius 1 is 1.10 bits per heavy atom. The van der Waals surface area contributed by atoms with Crippen molar-refractivity contribution < 1.29 is 4.39 Å². The quantitative estimate of drug-likeness (QED) is 0.749. The van der Waals surface area contributed by atoms with Gasteiger partial charge in [-0.1, -0.05) is 24.3 Å². The van der Waals surface area contributed by atoms with Gasteiger partial charge in [-0.15, -0.1) is 0 Å². The van der Waals surface area contributed by atoms with Crippen LogP contribution in [0.25, 0.3) is 22.0 Å². The molecule has 0 spiro atoms. The first-order valence-corrected chi connectivity index (χ1v) is 6.19. The van der Waals surface area contributed by atoms with Crippen molar-refractivity contribution in [2.75, 3.05) is 18.1 Å². The van der Waals surface area contributed by atoms with Gasteiger partial charge in [0.15, 0.2) is 0 Å². The summed E-state index contributed by atoms with van der Waals surface area (Å²) in [6.45, 7) is 0. The number of anilines is 2. The summed E-state index contributed by atoms with van der Waals surface area (Å²) < 4.78 is 13.8. The first-order chi connectivity index (χ1) is 9.69. The highest BCUT2D eigenvalue weighted by atomic mass is 19.1. The molecule has 0 aliphatic heterocycles. The van der Waals surface area contributed by atoms with Gasteiger partial charge in [0, 0.05) is 18.0 Å². The summed E-state index contributed by atoms with van der Waals surface area (Å²) in [6, 6.07) is 12.2. The van der Waals surface area contributed by atoms with Crippen LogP contribution in [0.5, 0.6) is 0 Å². The van der Waals surface area contributed by atoms with Gasteiger partial charge in [0.1, 0.15) is 11.6 Å². The molecule has 0 aliphatic carbocycles. The lowest BCUT2D eigenvalue weighted by Gasteiger charge is -2.08. The van der Waals surface area contributed by atoms with E-state index in [9.17, 15) is 4.39 Å². The van der Waals surface area contributed by atoms with Crippen LogP contribution < -0.4 is 11.1 Å². The SMILES string of the molecule is CNc1nc(N)nc2cc(-c3ccccc3F)ccc12. The van der Waals surface area contributed by atoms with Gasteiger partial charge in [-0.3, -0.25) is 0 Å². The van der Waals surface area contributed by atoms with Gasteiger partial charge in [-0.2, -0.15) is 4.98 Å². The normalized spacial score (nSPS) is 10.7. The van der Waals surface area contributed by atoms with Crippen molar-refractivity contribution >= 4 is 22.7 Å². The Morgan fingerprint density at radius 3 is 2.65 bits per heavy atom. The lowest BCUT2D eigenvalue weighted by Crippen LogP contribution is -2.01. The summed E-state index contributed by atoms with van der Waals surface area (Å²) in [4.78, 5) is 8.33. The maximum absolute atomic E-state index is 13.8. The van der Waals surface area contributed by atoms with Crippen molar-refractivity contribution in [3.05, 3.63) is 48.3 Å². The van der Waals surface area contributed by atoms with E-state index >= 15 is 0 Å². The molecular formula is C15H13FN4. The van der Waals surface area contributed by atoms with Crippen LogP contribution in [0.3, 0.4) is 0 Å². The number of nitrogens with one attached hydrogen (secondary N) is 1. The summed E-state index contributed by atoms with van der Waals surface area (Å²) in [5.74, 6) is 0.586. The molecule has 0 fully saturated rings. The molecule has 0 saturated heterocycles. The van der Waals surface area contributed by atoms with E-state index in [0.717, 1.165) is 10.9 Å². The lowest BCUT2D eigenvalue weighted by molar-refractivity contribution is 0.631. The second-order valence-corrected chi connectivity index (χ2v) is 4.39. The molecule has 0 aliphatic rings. The van der Waals surface area contributed by atoms with Gasteiger partial charge in [-0.25, -0.2) is 9.37 Å². The lowest BCUT2D eigenvalue weighted by atomic mass is 10.0. The first-order valence-electron chi connectivity index (χ1n) is 6.19. The molecule has 5 heteroatoms. The number of aromatic nitrogens is 2. The predicted octanol–water partition coefficient (Wildman–Crippen LogP) is 3.06. The first kappa shape index (κ1) is 12.3. The van der Waals surface area contributed by atoms with Crippen molar-refractivity contribution in [2.24, 2.45) is 0 Å². The summed E-state index contributed by atoms with van der Waals surface area (Å²) in [7, 11) is 1.77. The second-order valence-electron chi connectivity index (χ2n) is 4.39. The fraction of sp³-hybridized carbons (Fsp3) is 0.0667. The third-order valence-corrected chi connectivity index (χ3v) is 3.14. The molecule has 0 saturated carbocycles. The zero-order chi connectivity index (χ0) is 14.1. The molecule has 1 aromatic heterocycles. The molecule has 3 aromatic rings. The minimum Gasteiger partial charge on any atom is -0.372 e. The fourth-order valence-corrected chi connectivity index (χ4v) is 2.20. The highest BCUT2D eigenvalue weighted by Gasteiger charge is 2.09. The molecule has 4 nitrogen and oxygen atoms in total. The van der Waals surface area contributed by atoms with Gasteiger partial charge < -0.3 is 11.1 Å². The number of halogens is 1. The number of nitrogen functional groups attached to an aromatic ring is 1. The van der Waals surface area contributed by atoms with Crippen molar-refractivity contribution in [1.82, 2.24) is 9.97 Å². The van der Waals surface area contributed by atoms with E-state index < -0.39 is 0 Å². The zero-order valence-corrected chi connectivity index (χ0v) is 10.9. The van der Waals surface area contributed by atoms with Gasteiger partial charge >= 0.3 is 0 Å². The molecule has 3 N–H and O–H groups in total. The van der Waals surface area contributed by atoms with Crippen LogP contribution in [0.4, 0.5) is 16.2 Å². The molecular weight excluding hydrogens is 255 g/mol. The second kappa shape index (κ2) is 4.77. The molecule has 0 amide bonds. The number of nitrogens with zero attached hydrogens (tertiary/aromatic N) is 2. The maximum atomic E-state index is 13.8. The number of hydrogen-bond acceptors (Lipinski definition) is 4. The van der Waals surface area contributed by atoms with Crippen molar-refractivity contribution in [3.63, 3.8) is 0 Å². The van der Waals surface area contributed by atoms with Gasteiger partial charge in [0.25, 0.3) is 0 Å². The van der Waals surface area contributed by atoms with Crippen molar-refractivity contribution in [2.45, 2.75) is 0 Å². The van der Waals surface area contributed by atoms with E-state index in [-0.39, 0.29) is 11.8 Å². The van der Waals surface area contributed by atoms with E-state index in [2.05, 4.69) is 15.3 Å². The van der Waals surface area contributed by atoms with Crippen LogP contribution in [-0.2, 0) is 0 Å². The number of rotatable bonds is 2. The Bertz CT molecular complexity index is 786. The minimum absolute atomic E-state index is 0.188. The van der Waals surface area contributed by atoms with Crippen molar-refractivity contribution in [3.8, 4) is 11.1 Å². The Hall–Kier alpha value is -2.69. The number of fused-ring (bicyclic) bond motifs is 1. The monoisotopic (exact) mass is 268 g/mol.